The molecule has 3 rings (SSSR count). The Bertz CT molecular complexity index is 972. The van der Waals surface area contributed by atoms with Gasteiger partial charge in [-0.1, -0.05) is 28.1 Å². The van der Waals surface area contributed by atoms with Gasteiger partial charge in [0.05, 0.1) is 11.3 Å². The van der Waals surface area contributed by atoms with E-state index in [1.54, 1.807) is 30.3 Å². The molecular weight excluding hydrogens is 377 g/mol. The molecule has 0 saturated carbocycles. The Kier molecular flexibility index (Phi) is 4.31. The van der Waals surface area contributed by atoms with Crippen LogP contribution in [0.4, 0.5) is 10.1 Å². The normalized spacial score (nSPS) is 10.6. The van der Waals surface area contributed by atoms with Gasteiger partial charge in [0.15, 0.2) is 0 Å². The Morgan fingerprint density at radius 1 is 0.958 bits per heavy atom. The third kappa shape index (κ3) is 3.28. The van der Waals surface area contributed by atoms with Gasteiger partial charge in [0, 0.05) is 10.0 Å². The third-order valence-corrected chi connectivity index (χ3v) is 4.02. The average Bonchev–Trinajstić information content (AvgIpc) is 2.55. The van der Waals surface area contributed by atoms with Crippen molar-refractivity contribution in [3.63, 3.8) is 0 Å². The summed E-state index contributed by atoms with van der Waals surface area (Å²) in [7, 11) is 0. The maximum atomic E-state index is 13.2. The van der Waals surface area contributed by atoms with Crippen molar-refractivity contribution in [2.24, 2.45) is 0 Å². The number of anilines is 1. The smallest absolute Gasteiger partial charge is 0.337 e. The molecule has 120 valence electrons. The number of halogens is 2. The molecule has 0 saturated heterocycles. The molecule has 0 fully saturated rings. The summed E-state index contributed by atoms with van der Waals surface area (Å²) in [5.41, 5.74) is 0.545. The average molecular weight is 388 g/mol. The zero-order valence-corrected chi connectivity index (χ0v) is 13.8. The van der Waals surface area contributed by atoms with Gasteiger partial charge in [-0.2, -0.15) is 0 Å². The first-order chi connectivity index (χ1) is 11.4. The van der Waals surface area contributed by atoms with Crippen LogP contribution in [0.3, 0.4) is 0 Å². The van der Waals surface area contributed by atoms with Crippen LogP contribution in [0.1, 0.15) is 20.7 Å². The summed E-state index contributed by atoms with van der Waals surface area (Å²) in [6.07, 6.45) is 0. The number of nitrogens with one attached hydrogen (secondary N) is 1. The quantitative estimate of drug-likeness (QED) is 0.684. The summed E-state index contributed by atoms with van der Waals surface area (Å²) >= 11 is 3.20. The standard InChI is InChI=1S/C18H11BrFNO3/c19-13-4-6-16(15(9-13)18(23)24)21-17(22)12-2-1-11-8-14(20)5-3-10(11)7-12/h1-9H,(H,21,22)(H,23,24). The molecule has 0 aromatic heterocycles. The predicted octanol–water partition coefficient (Wildman–Crippen LogP) is 4.69. The molecule has 0 bridgehead atoms. The molecule has 0 heterocycles. The molecule has 3 aromatic rings. The molecule has 0 aliphatic carbocycles. The number of carboxylic acid groups (broad SMARTS) is 1. The first-order valence-corrected chi connectivity index (χ1v) is 7.77. The molecule has 0 aliphatic heterocycles. The van der Waals surface area contributed by atoms with Crippen molar-refractivity contribution in [3.8, 4) is 0 Å². The van der Waals surface area contributed by atoms with Crippen LogP contribution in [0, 0.1) is 5.82 Å². The van der Waals surface area contributed by atoms with Gasteiger partial charge in [0.2, 0.25) is 0 Å². The lowest BCUT2D eigenvalue weighted by molar-refractivity contribution is 0.0698. The summed E-state index contributed by atoms with van der Waals surface area (Å²) in [5.74, 6) is -1.92. The van der Waals surface area contributed by atoms with Gasteiger partial charge in [0.1, 0.15) is 5.82 Å². The number of amides is 1. The van der Waals surface area contributed by atoms with Gasteiger partial charge in [-0.05, 0) is 53.2 Å². The highest BCUT2D eigenvalue weighted by molar-refractivity contribution is 9.10. The number of carbonyl (C=O) groups excluding carboxylic acids is 1. The SMILES string of the molecule is O=C(Nc1ccc(Br)cc1C(=O)O)c1ccc2cc(F)ccc2c1. The molecule has 1 amide bonds. The van der Waals surface area contributed by atoms with Crippen LogP contribution in [-0.4, -0.2) is 17.0 Å². The molecule has 0 radical (unpaired) electrons. The van der Waals surface area contributed by atoms with Crippen molar-refractivity contribution >= 4 is 44.3 Å². The summed E-state index contributed by atoms with van der Waals surface area (Å²) in [4.78, 5) is 23.7. The van der Waals surface area contributed by atoms with Crippen LogP contribution in [0.5, 0.6) is 0 Å². The first-order valence-electron chi connectivity index (χ1n) is 6.97. The summed E-state index contributed by atoms with van der Waals surface area (Å²) in [5, 5.41) is 13.2. The van der Waals surface area contributed by atoms with Gasteiger partial charge < -0.3 is 10.4 Å². The van der Waals surface area contributed by atoms with E-state index in [2.05, 4.69) is 21.2 Å². The molecule has 0 spiro atoms. The number of benzene rings is 3. The van der Waals surface area contributed by atoms with Crippen molar-refractivity contribution in [2.45, 2.75) is 0 Å². The second-order valence-corrected chi connectivity index (χ2v) is 6.07. The van der Waals surface area contributed by atoms with Gasteiger partial charge in [-0.15, -0.1) is 0 Å². The van der Waals surface area contributed by atoms with E-state index in [0.29, 0.717) is 15.4 Å². The second-order valence-electron chi connectivity index (χ2n) is 5.16. The van der Waals surface area contributed by atoms with Crippen LogP contribution >= 0.6 is 15.9 Å². The van der Waals surface area contributed by atoms with Crippen LogP contribution < -0.4 is 5.32 Å². The molecular formula is C18H11BrFNO3. The number of hydrogen-bond donors (Lipinski definition) is 2. The minimum atomic E-state index is -1.14. The lowest BCUT2D eigenvalue weighted by Gasteiger charge is -2.09. The van der Waals surface area contributed by atoms with E-state index in [4.69, 9.17) is 0 Å². The van der Waals surface area contributed by atoms with Crippen molar-refractivity contribution in [2.75, 3.05) is 5.32 Å². The molecule has 0 unspecified atom stereocenters. The number of fused-ring (bicyclic) bond motifs is 1. The van der Waals surface area contributed by atoms with Crippen LogP contribution in [0.25, 0.3) is 10.8 Å². The lowest BCUT2D eigenvalue weighted by Crippen LogP contribution is -2.14. The Morgan fingerprint density at radius 3 is 2.42 bits per heavy atom. The molecule has 4 nitrogen and oxygen atoms in total. The van der Waals surface area contributed by atoms with Crippen LogP contribution in [0.2, 0.25) is 0 Å². The number of aromatic carboxylic acids is 1. The van der Waals surface area contributed by atoms with Crippen LogP contribution in [-0.2, 0) is 0 Å². The molecule has 3 aromatic carbocycles. The third-order valence-electron chi connectivity index (χ3n) is 3.52. The fraction of sp³-hybridized carbons (Fsp3) is 0. The summed E-state index contributed by atoms with van der Waals surface area (Å²) in [6, 6.07) is 13.7. The fourth-order valence-corrected chi connectivity index (χ4v) is 2.72. The van der Waals surface area contributed by atoms with Gasteiger partial charge in [-0.3, -0.25) is 4.79 Å². The van der Waals surface area contributed by atoms with E-state index in [0.717, 1.165) is 5.39 Å². The largest absolute Gasteiger partial charge is 0.478 e. The molecule has 0 aliphatic rings. The van der Waals surface area contributed by atoms with E-state index in [-0.39, 0.29) is 17.1 Å². The van der Waals surface area contributed by atoms with E-state index >= 15 is 0 Å². The van der Waals surface area contributed by atoms with Gasteiger partial charge in [0.25, 0.3) is 5.91 Å². The van der Waals surface area contributed by atoms with E-state index in [9.17, 15) is 19.1 Å². The van der Waals surface area contributed by atoms with Crippen molar-refractivity contribution in [3.05, 3.63) is 76.0 Å². The fourth-order valence-electron chi connectivity index (χ4n) is 2.35. The molecule has 6 heteroatoms. The predicted molar refractivity (Wildman–Crippen MR) is 93.0 cm³/mol. The number of carbonyl (C=O) groups is 2. The highest BCUT2D eigenvalue weighted by atomic mass is 79.9. The number of hydrogen-bond acceptors (Lipinski definition) is 2. The monoisotopic (exact) mass is 387 g/mol. The van der Waals surface area contributed by atoms with Crippen molar-refractivity contribution in [1.29, 1.82) is 0 Å². The van der Waals surface area contributed by atoms with E-state index in [1.165, 1.54) is 24.3 Å². The Hall–Kier alpha value is -2.73. The Balaban J connectivity index is 1.93. The Morgan fingerprint density at radius 2 is 1.67 bits per heavy atom. The summed E-state index contributed by atoms with van der Waals surface area (Å²) < 4.78 is 13.8. The van der Waals surface area contributed by atoms with Crippen molar-refractivity contribution < 1.29 is 19.1 Å². The molecule has 24 heavy (non-hydrogen) atoms. The molecule has 0 atom stereocenters. The first kappa shape index (κ1) is 16.1. The summed E-state index contributed by atoms with van der Waals surface area (Å²) in [6.45, 7) is 0. The number of rotatable bonds is 3. The lowest BCUT2D eigenvalue weighted by atomic mass is 10.1. The number of carboxylic acids is 1. The second kappa shape index (κ2) is 6.41. The van der Waals surface area contributed by atoms with Crippen molar-refractivity contribution in [1.82, 2.24) is 0 Å². The minimum Gasteiger partial charge on any atom is -0.478 e. The Labute approximate surface area is 145 Å². The zero-order valence-electron chi connectivity index (χ0n) is 12.2. The highest BCUT2D eigenvalue weighted by Gasteiger charge is 2.14. The minimum absolute atomic E-state index is 0.0133. The maximum Gasteiger partial charge on any atom is 0.337 e. The van der Waals surface area contributed by atoms with E-state index < -0.39 is 11.9 Å². The highest BCUT2D eigenvalue weighted by Crippen LogP contribution is 2.23. The molecule has 2 N–H and O–H groups in total. The van der Waals surface area contributed by atoms with Crippen LogP contribution in [0.15, 0.2) is 59.1 Å². The zero-order chi connectivity index (χ0) is 17.3. The van der Waals surface area contributed by atoms with E-state index in [1.807, 2.05) is 0 Å². The van der Waals surface area contributed by atoms with Gasteiger partial charge >= 0.3 is 5.97 Å². The maximum absolute atomic E-state index is 13.2. The van der Waals surface area contributed by atoms with Gasteiger partial charge in [-0.25, -0.2) is 9.18 Å². The topological polar surface area (TPSA) is 66.4 Å².